The second-order valence-corrected chi connectivity index (χ2v) is 6.60. The molecule has 0 bridgehead atoms. The number of methoxy groups -OCH3 is 1. The summed E-state index contributed by atoms with van der Waals surface area (Å²) in [6, 6.07) is 14.5. The lowest BCUT2D eigenvalue weighted by Gasteiger charge is -2.11. The van der Waals surface area contributed by atoms with Crippen LogP contribution in [0.15, 0.2) is 54.6 Å². The number of hydrogen-bond acceptors (Lipinski definition) is 6. The fraction of sp³-hybridized carbons (Fsp3) is 0.182. The van der Waals surface area contributed by atoms with Crippen LogP contribution in [0.1, 0.15) is 32.1 Å². The number of aromatic nitrogens is 1. The molecule has 0 aliphatic heterocycles. The van der Waals surface area contributed by atoms with E-state index in [0.29, 0.717) is 16.8 Å². The number of nitro benzene ring substituents is 1. The molecule has 30 heavy (non-hydrogen) atoms. The number of carbonyl (C=O) groups is 2. The van der Waals surface area contributed by atoms with Crippen LogP contribution in [0.25, 0.3) is 5.69 Å². The van der Waals surface area contributed by atoms with Gasteiger partial charge in [0.2, 0.25) is 5.78 Å². The van der Waals surface area contributed by atoms with E-state index in [1.165, 1.54) is 25.3 Å². The first kappa shape index (κ1) is 20.8. The van der Waals surface area contributed by atoms with E-state index < -0.39 is 10.9 Å². The molecule has 0 radical (unpaired) electrons. The summed E-state index contributed by atoms with van der Waals surface area (Å²) in [6.45, 7) is 3.34. The standard InChI is InChI=1S/C22H20N2O6/c1-14-12-18(20(25)13-30-21-7-5-4-6-19(21)24(27)28)15(2)23(14)17-10-8-16(9-11-17)22(26)29-3/h4-12H,13H2,1-3H3. The smallest absolute Gasteiger partial charge is 0.337 e. The Bertz CT molecular complexity index is 1120. The summed E-state index contributed by atoms with van der Waals surface area (Å²) >= 11 is 0. The molecule has 0 N–H and O–H groups in total. The first-order valence-corrected chi connectivity index (χ1v) is 9.10. The molecule has 0 saturated carbocycles. The number of rotatable bonds is 7. The van der Waals surface area contributed by atoms with Crippen LogP contribution in [0.3, 0.4) is 0 Å². The number of nitrogens with zero attached hydrogens (tertiary/aromatic N) is 2. The van der Waals surface area contributed by atoms with E-state index in [9.17, 15) is 19.7 Å². The lowest BCUT2D eigenvalue weighted by Crippen LogP contribution is -2.13. The third-order valence-electron chi connectivity index (χ3n) is 4.70. The van der Waals surface area contributed by atoms with E-state index in [0.717, 1.165) is 11.4 Å². The van der Waals surface area contributed by atoms with Crippen molar-refractivity contribution in [1.82, 2.24) is 4.57 Å². The van der Waals surface area contributed by atoms with E-state index in [1.54, 1.807) is 43.3 Å². The molecule has 1 aromatic heterocycles. The average molecular weight is 408 g/mol. The Kier molecular flexibility index (Phi) is 5.96. The number of esters is 1. The fourth-order valence-electron chi connectivity index (χ4n) is 3.26. The molecule has 0 aliphatic carbocycles. The Labute approximate surface area is 172 Å². The second-order valence-electron chi connectivity index (χ2n) is 6.60. The summed E-state index contributed by atoms with van der Waals surface area (Å²) in [5, 5.41) is 11.1. The molecule has 3 aromatic rings. The maximum Gasteiger partial charge on any atom is 0.337 e. The van der Waals surface area contributed by atoms with Gasteiger partial charge in [-0.15, -0.1) is 0 Å². The van der Waals surface area contributed by atoms with Crippen LogP contribution < -0.4 is 4.74 Å². The van der Waals surface area contributed by atoms with E-state index >= 15 is 0 Å². The van der Waals surface area contributed by atoms with Gasteiger partial charge in [0.15, 0.2) is 12.4 Å². The van der Waals surface area contributed by atoms with Gasteiger partial charge in [0, 0.05) is 28.7 Å². The van der Waals surface area contributed by atoms with E-state index in [-0.39, 0.29) is 23.8 Å². The third kappa shape index (κ3) is 4.07. The highest BCUT2D eigenvalue weighted by atomic mass is 16.6. The monoisotopic (exact) mass is 408 g/mol. The van der Waals surface area contributed by atoms with Crippen LogP contribution >= 0.6 is 0 Å². The SMILES string of the molecule is COC(=O)c1ccc(-n2c(C)cc(C(=O)COc3ccccc3[N+](=O)[O-])c2C)cc1. The first-order valence-electron chi connectivity index (χ1n) is 9.10. The summed E-state index contributed by atoms with van der Waals surface area (Å²) in [6.07, 6.45) is 0. The average Bonchev–Trinajstić information content (AvgIpc) is 3.05. The Morgan fingerprint density at radius 1 is 1.07 bits per heavy atom. The van der Waals surface area contributed by atoms with Crippen molar-refractivity contribution in [2.24, 2.45) is 0 Å². The molecule has 0 aliphatic rings. The highest BCUT2D eigenvalue weighted by Crippen LogP contribution is 2.27. The zero-order valence-electron chi connectivity index (χ0n) is 16.7. The molecular weight excluding hydrogens is 388 g/mol. The molecule has 8 heteroatoms. The Hall–Kier alpha value is -3.94. The molecule has 0 unspecified atom stereocenters. The summed E-state index contributed by atoms with van der Waals surface area (Å²) in [4.78, 5) is 34.9. The molecule has 8 nitrogen and oxygen atoms in total. The number of ketones is 1. The van der Waals surface area contributed by atoms with Crippen LogP contribution in [0, 0.1) is 24.0 Å². The molecule has 0 amide bonds. The van der Waals surface area contributed by atoms with E-state index in [2.05, 4.69) is 0 Å². The van der Waals surface area contributed by atoms with Gasteiger partial charge in [-0.25, -0.2) is 4.79 Å². The number of nitro groups is 1. The molecule has 0 fully saturated rings. The number of benzene rings is 2. The molecule has 3 rings (SSSR count). The second kappa shape index (κ2) is 8.60. The number of para-hydroxylation sites is 2. The van der Waals surface area contributed by atoms with Crippen molar-refractivity contribution < 1.29 is 24.0 Å². The van der Waals surface area contributed by atoms with Crippen LogP contribution in [0.2, 0.25) is 0 Å². The Balaban J connectivity index is 1.82. The van der Waals surface area contributed by atoms with Crippen LogP contribution in [-0.4, -0.2) is 35.0 Å². The first-order chi connectivity index (χ1) is 14.3. The molecule has 0 atom stereocenters. The molecule has 1 heterocycles. The van der Waals surface area contributed by atoms with Crippen molar-refractivity contribution in [3.63, 3.8) is 0 Å². The maximum atomic E-state index is 12.7. The van der Waals surface area contributed by atoms with Crippen LogP contribution in [0.5, 0.6) is 5.75 Å². The minimum absolute atomic E-state index is 0.0445. The quantitative estimate of drug-likeness (QED) is 0.253. The fourth-order valence-corrected chi connectivity index (χ4v) is 3.26. The van der Waals surface area contributed by atoms with Gasteiger partial charge in [0.25, 0.3) is 0 Å². The molecular formula is C22H20N2O6. The van der Waals surface area contributed by atoms with Gasteiger partial charge < -0.3 is 14.0 Å². The molecule has 2 aromatic carbocycles. The Morgan fingerprint density at radius 3 is 2.37 bits per heavy atom. The number of carbonyl (C=O) groups excluding carboxylic acids is 2. The van der Waals surface area contributed by atoms with Crippen LogP contribution in [0.4, 0.5) is 5.69 Å². The van der Waals surface area contributed by atoms with Gasteiger partial charge in [0.1, 0.15) is 0 Å². The number of hydrogen-bond donors (Lipinski definition) is 0. The Morgan fingerprint density at radius 2 is 1.73 bits per heavy atom. The summed E-state index contributed by atoms with van der Waals surface area (Å²) in [5.41, 5.74) is 3.01. The minimum Gasteiger partial charge on any atom is -0.478 e. The van der Waals surface area contributed by atoms with Gasteiger partial charge in [-0.05, 0) is 50.2 Å². The highest BCUT2D eigenvalue weighted by Gasteiger charge is 2.20. The summed E-state index contributed by atoms with van der Waals surface area (Å²) < 4.78 is 12.0. The maximum absolute atomic E-state index is 12.7. The topological polar surface area (TPSA) is 101 Å². The predicted molar refractivity (Wildman–Crippen MR) is 110 cm³/mol. The lowest BCUT2D eigenvalue weighted by molar-refractivity contribution is -0.385. The van der Waals surface area contributed by atoms with Crippen molar-refractivity contribution in [3.8, 4) is 11.4 Å². The van der Waals surface area contributed by atoms with Crippen molar-refractivity contribution >= 4 is 17.4 Å². The van der Waals surface area contributed by atoms with Crippen molar-refractivity contribution in [3.05, 3.63) is 87.2 Å². The van der Waals surface area contributed by atoms with Gasteiger partial charge in [-0.1, -0.05) is 12.1 Å². The van der Waals surface area contributed by atoms with E-state index in [1.807, 2.05) is 11.5 Å². The van der Waals surface area contributed by atoms with Gasteiger partial charge in [-0.2, -0.15) is 0 Å². The van der Waals surface area contributed by atoms with Gasteiger partial charge in [0.05, 0.1) is 17.6 Å². The van der Waals surface area contributed by atoms with Crippen molar-refractivity contribution in [2.45, 2.75) is 13.8 Å². The minimum atomic E-state index is -0.552. The molecule has 0 spiro atoms. The molecule has 0 saturated heterocycles. The molecule has 154 valence electrons. The normalized spacial score (nSPS) is 10.5. The zero-order valence-corrected chi connectivity index (χ0v) is 16.7. The van der Waals surface area contributed by atoms with E-state index in [4.69, 9.17) is 9.47 Å². The number of Topliss-reactive ketones (excluding diaryl/α,β-unsaturated/α-hetero) is 1. The van der Waals surface area contributed by atoms with Gasteiger partial charge in [-0.3, -0.25) is 14.9 Å². The predicted octanol–water partition coefficient (Wildman–Crippen LogP) is 4.05. The van der Waals surface area contributed by atoms with Gasteiger partial charge >= 0.3 is 11.7 Å². The van der Waals surface area contributed by atoms with Crippen LogP contribution in [-0.2, 0) is 4.74 Å². The number of aryl methyl sites for hydroxylation is 1. The summed E-state index contributed by atoms with van der Waals surface area (Å²) in [5.74, 6) is -0.674. The lowest BCUT2D eigenvalue weighted by atomic mass is 10.1. The summed E-state index contributed by atoms with van der Waals surface area (Å²) in [7, 11) is 1.32. The highest BCUT2D eigenvalue weighted by molar-refractivity contribution is 5.99. The zero-order chi connectivity index (χ0) is 21.8. The number of ether oxygens (including phenoxy) is 2. The van der Waals surface area contributed by atoms with Crippen molar-refractivity contribution in [2.75, 3.05) is 13.7 Å². The van der Waals surface area contributed by atoms with Crippen molar-refractivity contribution in [1.29, 1.82) is 0 Å². The third-order valence-corrected chi connectivity index (χ3v) is 4.70. The largest absolute Gasteiger partial charge is 0.478 e.